The van der Waals surface area contributed by atoms with Crippen molar-refractivity contribution in [1.29, 1.82) is 0 Å². The number of hydrogen-bond donors (Lipinski definition) is 3. The maximum Gasteiger partial charge on any atom is 0.451 e. The molecule has 0 bridgehead atoms. The summed E-state index contributed by atoms with van der Waals surface area (Å²) >= 11 is 0. The molecule has 2 aromatic heterocycles. The predicted octanol–water partition coefficient (Wildman–Crippen LogP) is 1.10. The molecule has 12 heteroatoms. The van der Waals surface area contributed by atoms with Crippen LogP contribution in [0, 0.1) is 0 Å². The van der Waals surface area contributed by atoms with Crippen molar-refractivity contribution < 1.29 is 18.0 Å². The maximum absolute atomic E-state index is 12.5. The number of hydrogen-bond acceptors (Lipinski definition) is 5. The first-order valence-electron chi connectivity index (χ1n) is 7.28. The van der Waals surface area contributed by atoms with E-state index in [2.05, 4.69) is 20.4 Å². The zero-order valence-corrected chi connectivity index (χ0v) is 13.1. The molecular weight excluding hydrogens is 357 g/mol. The second-order valence-corrected chi connectivity index (χ2v) is 5.19. The predicted molar refractivity (Wildman–Crippen MR) is 83.8 cm³/mol. The zero-order chi connectivity index (χ0) is 19.1. The molecule has 0 spiro atoms. The van der Waals surface area contributed by atoms with E-state index in [1.807, 2.05) is 0 Å². The van der Waals surface area contributed by atoms with Crippen LogP contribution in [0.5, 0.6) is 0 Å². The van der Waals surface area contributed by atoms with E-state index >= 15 is 0 Å². The molecule has 26 heavy (non-hydrogen) atoms. The average Bonchev–Trinajstić information content (AvgIpc) is 3.04. The summed E-state index contributed by atoms with van der Waals surface area (Å²) in [6.07, 6.45) is -4.72. The molecule has 9 nitrogen and oxygen atoms in total. The number of aromatic amines is 2. The van der Waals surface area contributed by atoms with E-state index < -0.39 is 35.0 Å². The molecule has 0 saturated heterocycles. The van der Waals surface area contributed by atoms with Crippen LogP contribution in [0.15, 0.2) is 27.8 Å². The van der Waals surface area contributed by atoms with Crippen LogP contribution in [-0.4, -0.2) is 30.6 Å². The molecule has 3 aromatic rings. The highest BCUT2D eigenvalue weighted by atomic mass is 19.4. The Labute approximate surface area is 141 Å². The first kappa shape index (κ1) is 17.4. The second-order valence-electron chi connectivity index (χ2n) is 5.19. The smallest absolute Gasteiger partial charge is 0.316 e. The number of aryl methyl sites for hydroxylation is 1. The summed E-state index contributed by atoms with van der Waals surface area (Å²) in [4.78, 5) is 41.1. The minimum atomic E-state index is -4.72. The van der Waals surface area contributed by atoms with Gasteiger partial charge in [-0.15, -0.1) is 5.10 Å². The Morgan fingerprint density at radius 1 is 1.31 bits per heavy atom. The summed E-state index contributed by atoms with van der Waals surface area (Å²) in [6.45, 7) is 1.94. The van der Waals surface area contributed by atoms with Gasteiger partial charge in [0.1, 0.15) is 0 Å². The summed E-state index contributed by atoms with van der Waals surface area (Å²) in [5, 5.41) is 7.06. The highest BCUT2D eigenvalue weighted by Crippen LogP contribution is 2.26. The number of halogens is 3. The molecular formula is C14H11F3N6O3. The second kappa shape index (κ2) is 6.13. The van der Waals surface area contributed by atoms with Crippen molar-refractivity contribution in [2.75, 3.05) is 5.32 Å². The average molecular weight is 368 g/mol. The number of nitrogens with zero attached hydrogens (tertiary/aromatic N) is 3. The number of nitrogens with one attached hydrogen (secondary N) is 3. The van der Waals surface area contributed by atoms with Crippen molar-refractivity contribution in [3.63, 3.8) is 0 Å². The number of carbonyl (C=O) groups is 1. The third-order valence-corrected chi connectivity index (χ3v) is 3.53. The van der Waals surface area contributed by atoms with Crippen LogP contribution in [0.25, 0.3) is 11.0 Å². The summed E-state index contributed by atoms with van der Waals surface area (Å²) in [5.41, 5.74) is -0.896. The van der Waals surface area contributed by atoms with Crippen molar-refractivity contribution in [1.82, 2.24) is 24.7 Å². The number of rotatable bonds is 3. The van der Waals surface area contributed by atoms with Crippen LogP contribution in [0.1, 0.15) is 23.1 Å². The fraction of sp³-hybridized carbons (Fsp3) is 0.214. The molecule has 0 radical (unpaired) electrons. The van der Waals surface area contributed by atoms with Gasteiger partial charge >= 0.3 is 17.3 Å². The lowest BCUT2D eigenvalue weighted by atomic mass is 10.1. The van der Waals surface area contributed by atoms with Gasteiger partial charge in [-0.3, -0.25) is 24.8 Å². The van der Waals surface area contributed by atoms with E-state index in [1.165, 1.54) is 22.8 Å². The lowest BCUT2D eigenvalue weighted by molar-refractivity contribution is -0.144. The molecule has 0 saturated carbocycles. The number of aromatic nitrogens is 5. The molecule has 1 amide bonds. The lowest BCUT2D eigenvalue weighted by Crippen LogP contribution is -2.36. The van der Waals surface area contributed by atoms with Gasteiger partial charge in [0, 0.05) is 12.1 Å². The Morgan fingerprint density at radius 3 is 2.65 bits per heavy atom. The molecule has 0 aliphatic heterocycles. The Morgan fingerprint density at radius 2 is 2.04 bits per heavy atom. The van der Waals surface area contributed by atoms with Gasteiger partial charge in [-0.25, -0.2) is 0 Å². The molecule has 3 rings (SSSR count). The van der Waals surface area contributed by atoms with Crippen molar-refractivity contribution in [3.05, 3.63) is 50.3 Å². The minimum Gasteiger partial charge on any atom is -0.316 e. The molecule has 3 N–H and O–H groups in total. The summed E-state index contributed by atoms with van der Waals surface area (Å²) in [6, 6.07) is 4.11. The van der Waals surface area contributed by atoms with Gasteiger partial charge in [-0.2, -0.15) is 18.2 Å². The van der Waals surface area contributed by atoms with Gasteiger partial charge in [0.25, 0.3) is 5.91 Å². The Bertz CT molecular complexity index is 1110. The molecule has 136 valence electrons. The summed E-state index contributed by atoms with van der Waals surface area (Å²) < 4.78 is 38.6. The number of alkyl halides is 3. The van der Waals surface area contributed by atoms with Crippen molar-refractivity contribution in [3.8, 4) is 0 Å². The van der Waals surface area contributed by atoms with Crippen LogP contribution in [0.2, 0.25) is 0 Å². The number of H-pyrrole nitrogens is 2. The van der Waals surface area contributed by atoms with E-state index in [9.17, 15) is 27.6 Å². The highest BCUT2D eigenvalue weighted by Gasteiger charge is 2.35. The number of anilines is 1. The monoisotopic (exact) mass is 368 g/mol. The van der Waals surface area contributed by atoms with Crippen LogP contribution < -0.4 is 16.4 Å². The van der Waals surface area contributed by atoms with Gasteiger partial charge < -0.3 is 9.55 Å². The van der Waals surface area contributed by atoms with Crippen LogP contribution >= 0.6 is 0 Å². The van der Waals surface area contributed by atoms with E-state index in [-0.39, 0.29) is 17.6 Å². The quantitative estimate of drug-likeness (QED) is 0.597. The van der Waals surface area contributed by atoms with Crippen molar-refractivity contribution in [2.45, 2.75) is 19.6 Å². The SMILES string of the molecule is CCn1c(=O)c(=O)[nH]c2cc(C(=O)Nc3n[nH]c(C(F)(F)F)n3)ccc21. The molecule has 0 aliphatic rings. The number of amides is 1. The molecule has 0 aliphatic carbocycles. The molecule has 2 heterocycles. The van der Waals surface area contributed by atoms with E-state index in [0.717, 1.165) is 0 Å². The fourth-order valence-electron chi connectivity index (χ4n) is 2.35. The maximum atomic E-state index is 12.5. The van der Waals surface area contributed by atoms with E-state index in [1.54, 1.807) is 12.0 Å². The standard InChI is InChI=1S/C14H11F3N6O3/c1-2-23-8-4-3-6(5-7(8)18-10(25)11(23)26)9(24)19-13-20-12(21-22-13)14(15,16)17/h3-5H,2H2,1H3,(H,18,25)(H2,19,20,21,22,24). The molecule has 0 unspecified atom stereocenters. The number of fused-ring (bicyclic) bond motifs is 1. The van der Waals surface area contributed by atoms with Crippen molar-refractivity contribution >= 4 is 22.9 Å². The van der Waals surface area contributed by atoms with Crippen molar-refractivity contribution in [2.24, 2.45) is 0 Å². The summed E-state index contributed by atoms with van der Waals surface area (Å²) in [7, 11) is 0. The third kappa shape index (κ3) is 3.08. The topological polar surface area (TPSA) is 126 Å². The van der Waals surface area contributed by atoms with E-state index in [4.69, 9.17) is 0 Å². The van der Waals surface area contributed by atoms with Crippen LogP contribution in [0.4, 0.5) is 19.1 Å². The fourth-order valence-corrected chi connectivity index (χ4v) is 2.35. The van der Waals surface area contributed by atoms with Gasteiger partial charge in [0.05, 0.1) is 11.0 Å². The van der Waals surface area contributed by atoms with E-state index in [0.29, 0.717) is 5.52 Å². The normalized spacial score (nSPS) is 11.7. The molecule has 1 aromatic carbocycles. The lowest BCUT2D eigenvalue weighted by Gasteiger charge is -2.08. The molecule has 0 atom stereocenters. The number of benzene rings is 1. The third-order valence-electron chi connectivity index (χ3n) is 3.53. The highest BCUT2D eigenvalue weighted by molar-refractivity contribution is 6.05. The first-order chi connectivity index (χ1) is 12.2. The van der Waals surface area contributed by atoms with Gasteiger partial charge in [0.2, 0.25) is 11.8 Å². The minimum absolute atomic E-state index is 0.0350. The van der Waals surface area contributed by atoms with Gasteiger partial charge in [-0.05, 0) is 25.1 Å². The van der Waals surface area contributed by atoms with Gasteiger partial charge in [0.15, 0.2) is 0 Å². The van der Waals surface area contributed by atoms with Gasteiger partial charge in [-0.1, -0.05) is 0 Å². The zero-order valence-electron chi connectivity index (χ0n) is 13.1. The Balaban J connectivity index is 1.94. The Kier molecular flexibility index (Phi) is 4.10. The Hall–Kier alpha value is -3.44. The first-order valence-corrected chi connectivity index (χ1v) is 7.28. The van der Waals surface area contributed by atoms with Crippen LogP contribution in [-0.2, 0) is 12.7 Å². The summed E-state index contributed by atoms with van der Waals surface area (Å²) in [5.74, 6) is -2.67. The largest absolute Gasteiger partial charge is 0.451 e. The number of carbonyl (C=O) groups excluding carboxylic acids is 1. The molecule has 0 fully saturated rings. The van der Waals surface area contributed by atoms with Crippen LogP contribution in [0.3, 0.4) is 0 Å².